The second-order valence-electron chi connectivity index (χ2n) is 5.36. The van der Waals surface area contributed by atoms with Gasteiger partial charge in [0.2, 0.25) is 0 Å². The molecule has 0 saturated heterocycles. The minimum atomic E-state index is -0.844. The Morgan fingerprint density at radius 1 is 1.15 bits per heavy atom. The van der Waals surface area contributed by atoms with Crippen LogP contribution in [0.5, 0.6) is 0 Å². The maximum atomic E-state index is 12.6. The summed E-state index contributed by atoms with van der Waals surface area (Å²) < 4.78 is 5.12. The van der Waals surface area contributed by atoms with E-state index in [4.69, 9.17) is 32.6 Å². The summed E-state index contributed by atoms with van der Waals surface area (Å²) in [6.45, 7) is 1.55. The molecule has 6 nitrogen and oxygen atoms in total. The molecule has 1 aromatic heterocycles. The zero-order chi connectivity index (χ0) is 19.4. The first-order chi connectivity index (χ1) is 13.0. The molecule has 0 atom stereocenters. The predicted molar refractivity (Wildman–Crippen MR) is 101 cm³/mol. The average Bonchev–Trinajstić information content (AvgIpc) is 3.04. The van der Waals surface area contributed by atoms with E-state index in [0.717, 1.165) is 0 Å². The number of aryl methyl sites for hydroxylation is 1. The van der Waals surface area contributed by atoms with E-state index < -0.39 is 5.97 Å². The fraction of sp³-hybridized carbons (Fsp3) is 0.0526. The van der Waals surface area contributed by atoms with Gasteiger partial charge in [0.1, 0.15) is 23.1 Å². The molecule has 0 radical (unpaired) electrons. The zero-order valence-corrected chi connectivity index (χ0v) is 15.5. The van der Waals surface area contributed by atoms with Crippen molar-refractivity contribution < 1.29 is 14.2 Å². The Morgan fingerprint density at radius 3 is 2.44 bits per heavy atom. The van der Waals surface area contributed by atoms with E-state index in [2.05, 4.69) is 10.3 Å². The SMILES string of the molecule is Cc1onc(-c2c(Cl)cccc2Cl)c1C(=O)O/N=C(\C#N)c1ccccc1. The Kier molecular flexibility index (Phi) is 5.55. The number of nitriles is 1. The molecule has 0 bridgehead atoms. The summed E-state index contributed by atoms with van der Waals surface area (Å²) >= 11 is 12.4. The van der Waals surface area contributed by atoms with Crippen LogP contribution in [0.15, 0.2) is 58.2 Å². The average molecular weight is 400 g/mol. The molecule has 0 amide bonds. The molecule has 0 unspecified atom stereocenters. The maximum absolute atomic E-state index is 12.6. The molecule has 0 spiro atoms. The first kappa shape index (κ1) is 18.6. The van der Waals surface area contributed by atoms with Crippen LogP contribution < -0.4 is 0 Å². The van der Waals surface area contributed by atoms with Gasteiger partial charge < -0.3 is 9.36 Å². The fourth-order valence-electron chi connectivity index (χ4n) is 2.37. The molecule has 3 aromatic rings. The maximum Gasteiger partial charge on any atom is 0.371 e. The third-order valence-corrected chi connectivity index (χ3v) is 4.27. The highest BCUT2D eigenvalue weighted by Gasteiger charge is 2.26. The van der Waals surface area contributed by atoms with Crippen LogP contribution in [0.4, 0.5) is 0 Å². The van der Waals surface area contributed by atoms with Crippen molar-refractivity contribution in [2.75, 3.05) is 0 Å². The molecule has 134 valence electrons. The smallest absolute Gasteiger partial charge is 0.360 e. The molecule has 27 heavy (non-hydrogen) atoms. The number of carbonyl (C=O) groups excluding carboxylic acids is 1. The summed E-state index contributed by atoms with van der Waals surface area (Å²) in [5.41, 5.74) is 0.984. The van der Waals surface area contributed by atoms with E-state index in [-0.39, 0.29) is 22.7 Å². The van der Waals surface area contributed by atoms with Crippen molar-refractivity contribution in [1.82, 2.24) is 5.16 Å². The van der Waals surface area contributed by atoms with Crippen molar-refractivity contribution in [2.24, 2.45) is 5.16 Å². The van der Waals surface area contributed by atoms with E-state index >= 15 is 0 Å². The van der Waals surface area contributed by atoms with E-state index in [1.165, 1.54) is 0 Å². The van der Waals surface area contributed by atoms with Gasteiger partial charge in [-0.15, -0.1) is 0 Å². The minimum absolute atomic E-state index is 0.0269. The third kappa shape index (κ3) is 3.85. The van der Waals surface area contributed by atoms with E-state index in [1.807, 2.05) is 6.07 Å². The molecule has 3 rings (SSSR count). The molecule has 0 saturated carbocycles. The molecule has 0 aliphatic rings. The molecular formula is C19H11Cl2N3O3. The van der Waals surface area contributed by atoms with Crippen molar-refractivity contribution in [3.8, 4) is 17.3 Å². The summed E-state index contributed by atoms with van der Waals surface area (Å²) in [6.07, 6.45) is 0. The van der Waals surface area contributed by atoms with Gasteiger partial charge >= 0.3 is 5.97 Å². The lowest BCUT2D eigenvalue weighted by Crippen LogP contribution is -2.07. The fourth-order valence-corrected chi connectivity index (χ4v) is 2.95. The number of carbonyl (C=O) groups is 1. The lowest BCUT2D eigenvalue weighted by molar-refractivity contribution is 0.0516. The summed E-state index contributed by atoms with van der Waals surface area (Å²) in [6, 6.07) is 15.4. The first-order valence-electron chi connectivity index (χ1n) is 7.68. The molecule has 2 aromatic carbocycles. The number of oxime groups is 1. The summed E-state index contributed by atoms with van der Waals surface area (Å²) in [5, 5.41) is 17.4. The quantitative estimate of drug-likeness (QED) is 0.348. The lowest BCUT2D eigenvalue weighted by atomic mass is 10.1. The van der Waals surface area contributed by atoms with Gasteiger partial charge in [-0.3, -0.25) is 0 Å². The molecule has 0 aliphatic heterocycles. The van der Waals surface area contributed by atoms with Crippen LogP contribution in [-0.4, -0.2) is 16.8 Å². The van der Waals surface area contributed by atoms with Gasteiger partial charge in [-0.1, -0.05) is 69.9 Å². The number of aromatic nitrogens is 1. The minimum Gasteiger partial charge on any atom is -0.360 e. The van der Waals surface area contributed by atoms with E-state index in [9.17, 15) is 10.1 Å². The van der Waals surface area contributed by atoms with Crippen molar-refractivity contribution in [2.45, 2.75) is 6.92 Å². The van der Waals surface area contributed by atoms with Crippen LogP contribution in [0.3, 0.4) is 0 Å². The van der Waals surface area contributed by atoms with Gasteiger partial charge in [-0.05, 0) is 19.1 Å². The normalized spacial score (nSPS) is 11.1. The highest BCUT2D eigenvalue weighted by Crippen LogP contribution is 2.36. The van der Waals surface area contributed by atoms with Gasteiger partial charge in [-0.2, -0.15) is 5.26 Å². The number of hydrogen-bond donors (Lipinski definition) is 0. The lowest BCUT2D eigenvalue weighted by Gasteiger charge is -2.05. The number of nitrogens with zero attached hydrogens (tertiary/aromatic N) is 3. The number of benzene rings is 2. The zero-order valence-electron chi connectivity index (χ0n) is 13.9. The summed E-state index contributed by atoms with van der Waals surface area (Å²) in [4.78, 5) is 17.5. The van der Waals surface area contributed by atoms with Crippen LogP contribution in [0, 0.1) is 18.3 Å². The number of rotatable bonds is 4. The summed E-state index contributed by atoms with van der Waals surface area (Å²) in [7, 11) is 0. The van der Waals surface area contributed by atoms with Gasteiger partial charge in [-0.25, -0.2) is 4.79 Å². The second-order valence-corrected chi connectivity index (χ2v) is 6.17. The Hall–Kier alpha value is -3.14. The Labute approximate surface area is 164 Å². The topological polar surface area (TPSA) is 88.5 Å². The highest BCUT2D eigenvalue weighted by molar-refractivity contribution is 6.39. The van der Waals surface area contributed by atoms with Crippen LogP contribution >= 0.6 is 23.2 Å². The van der Waals surface area contributed by atoms with Crippen LogP contribution in [0.2, 0.25) is 10.0 Å². The molecular weight excluding hydrogens is 389 g/mol. The second kappa shape index (κ2) is 8.04. The number of halogens is 2. The third-order valence-electron chi connectivity index (χ3n) is 3.64. The first-order valence-corrected chi connectivity index (χ1v) is 8.44. The molecule has 0 aliphatic carbocycles. The van der Waals surface area contributed by atoms with Crippen molar-refractivity contribution >= 4 is 34.9 Å². The van der Waals surface area contributed by atoms with Gasteiger partial charge in [0.05, 0.1) is 10.0 Å². The largest absolute Gasteiger partial charge is 0.371 e. The highest BCUT2D eigenvalue weighted by atomic mass is 35.5. The number of hydrogen-bond acceptors (Lipinski definition) is 6. The van der Waals surface area contributed by atoms with Gasteiger partial charge in [0.25, 0.3) is 0 Å². The molecule has 8 heteroatoms. The van der Waals surface area contributed by atoms with Crippen molar-refractivity contribution in [1.29, 1.82) is 5.26 Å². The Morgan fingerprint density at radius 2 is 1.81 bits per heavy atom. The summed E-state index contributed by atoms with van der Waals surface area (Å²) in [5.74, 6) is -0.636. The van der Waals surface area contributed by atoms with Crippen molar-refractivity contribution in [3.63, 3.8) is 0 Å². The standard InChI is InChI=1S/C19H11Cl2N3O3/c1-11-16(18(24-26-11)17-13(20)8-5-9-14(17)21)19(25)27-23-15(10-22)12-6-3-2-4-7-12/h2-9H,1H3/b23-15+. The Balaban J connectivity index is 1.96. The van der Waals surface area contributed by atoms with Gasteiger partial charge in [0.15, 0.2) is 5.71 Å². The van der Waals surface area contributed by atoms with Crippen LogP contribution in [-0.2, 0) is 4.84 Å². The van der Waals surface area contributed by atoms with E-state index in [0.29, 0.717) is 21.2 Å². The van der Waals surface area contributed by atoms with E-state index in [1.54, 1.807) is 55.5 Å². The van der Waals surface area contributed by atoms with Crippen LogP contribution in [0.1, 0.15) is 21.7 Å². The molecule has 0 fully saturated rings. The predicted octanol–water partition coefficient (Wildman–Crippen LogP) is 5.04. The molecule has 1 heterocycles. The Bertz CT molecular complexity index is 1050. The monoisotopic (exact) mass is 399 g/mol. The van der Waals surface area contributed by atoms with Crippen LogP contribution in [0.25, 0.3) is 11.3 Å². The molecule has 0 N–H and O–H groups in total. The van der Waals surface area contributed by atoms with Crippen molar-refractivity contribution in [3.05, 3.63) is 75.5 Å². The van der Waals surface area contributed by atoms with Gasteiger partial charge in [0, 0.05) is 11.1 Å².